The number of carbonyl (C=O) groups excluding carboxylic acids is 1. The Balaban J connectivity index is 0.00000256. The molecule has 0 aliphatic rings. The van der Waals surface area contributed by atoms with Gasteiger partial charge in [-0.05, 0) is 17.7 Å². The van der Waals surface area contributed by atoms with Crippen LogP contribution in [0.4, 0.5) is 0 Å². The molecule has 0 aromatic heterocycles. The van der Waals surface area contributed by atoms with Crippen molar-refractivity contribution in [3.8, 4) is 17.6 Å². The molecular formula is C11H13ClN2O3. The maximum atomic E-state index is 10.7. The van der Waals surface area contributed by atoms with E-state index >= 15 is 0 Å². The van der Waals surface area contributed by atoms with Gasteiger partial charge in [-0.2, -0.15) is 5.26 Å². The van der Waals surface area contributed by atoms with E-state index in [-0.39, 0.29) is 30.3 Å². The van der Waals surface area contributed by atoms with Gasteiger partial charge in [-0.25, -0.2) is 0 Å². The molecule has 1 aromatic rings. The van der Waals surface area contributed by atoms with Gasteiger partial charge >= 0.3 is 5.97 Å². The fourth-order valence-corrected chi connectivity index (χ4v) is 1.22. The van der Waals surface area contributed by atoms with Gasteiger partial charge in [0.15, 0.2) is 11.5 Å². The molecular weight excluding hydrogens is 244 g/mol. The lowest BCUT2D eigenvalue weighted by atomic mass is 10.0. The molecule has 92 valence electrons. The SMILES string of the molecule is CC(=O)Oc1ccc([C@H](N)CC#N)cc1O.Cl. The summed E-state index contributed by atoms with van der Waals surface area (Å²) < 4.78 is 4.74. The number of benzene rings is 1. The van der Waals surface area contributed by atoms with Gasteiger partial charge in [-0.3, -0.25) is 4.79 Å². The minimum atomic E-state index is -0.510. The smallest absolute Gasteiger partial charge is 0.308 e. The fraction of sp³-hybridized carbons (Fsp3) is 0.273. The molecule has 1 rings (SSSR count). The van der Waals surface area contributed by atoms with Crippen molar-refractivity contribution in [3.63, 3.8) is 0 Å². The summed E-state index contributed by atoms with van der Waals surface area (Å²) in [6.07, 6.45) is 0.159. The predicted octanol–water partition coefficient (Wildman–Crippen LogP) is 1.65. The Hall–Kier alpha value is -1.77. The van der Waals surface area contributed by atoms with Crippen LogP contribution in [-0.2, 0) is 4.79 Å². The Morgan fingerprint density at radius 2 is 2.29 bits per heavy atom. The standard InChI is InChI=1S/C11H12N2O3.ClH/c1-7(14)16-11-3-2-8(6-10(11)15)9(13)4-5-12;/h2-3,6,9,15H,4,13H2,1H3;1H/t9-;/m1./s1. The van der Waals surface area contributed by atoms with Crippen LogP contribution in [0.1, 0.15) is 24.9 Å². The summed E-state index contributed by atoms with van der Waals surface area (Å²) in [4.78, 5) is 10.7. The molecule has 0 saturated carbocycles. The number of hydrogen-bond donors (Lipinski definition) is 2. The van der Waals surface area contributed by atoms with Crippen LogP contribution in [0.25, 0.3) is 0 Å². The van der Waals surface area contributed by atoms with Crippen LogP contribution in [-0.4, -0.2) is 11.1 Å². The van der Waals surface area contributed by atoms with Gasteiger partial charge in [0.2, 0.25) is 0 Å². The summed E-state index contributed by atoms with van der Waals surface area (Å²) >= 11 is 0. The molecule has 0 aliphatic heterocycles. The number of nitrogens with zero attached hydrogens (tertiary/aromatic N) is 1. The molecule has 0 fully saturated rings. The number of ether oxygens (including phenoxy) is 1. The molecule has 0 bridgehead atoms. The second kappa shape index (κ2) is 6.74. The van der Waals surface area contributed by atoms with E-state index in [9.17, 15) is 9.90 Å². The van der Waals surface area contributed by atoms with Crippen LogP contribution in [0, 0.1) is 11.3 Å². The quantitative estimate of drug-likeness (QED) is 0.633. The lowest BCUT2D eigenvalue weighted by molar-refractivity contribution is -0.132. The van der Waals surface area contributed by atoms with Crippen molar-refractivity contribution >= 4 is 18.4 Å². The van der Waals surface area contributed by atoms with Crippen LogP contribution >= 0.6 is 12.4 Å². The third-order valence-corrected chi connectivity index (χ3v) is 1.98. The molecule has 1 aromatic carbocycles. The topological polar surface area (TPSA) is 96.3 Å². The zero-order valence-electron chi connectivity index (χ0n) is 9.21. The van der Waals surface area contributed by atoms with Crippen molar-refractivity contribution in [1.29, 1.82) is 5.26 Å². The Kier molecular flexibility index (Phi) is 6.03. The molecule has 1 atom stereocenters. The number of nitriles is 1. The van der Waals surface area contributed by atoms with Gasteiger partial charge in [0.25, 0.3) is 0 Å². The van der Waals surface area contributed by atoms with E-state index in [1.54, 1.807) is 6.07 Å². The van der Waals surface area contributed by atoms with E-state index in [1.807, 2.05) is 6.07 Å². The number of phenols is 1. The fourth-order valence-electron chi connectivity index (χ4n) is 1.22. The van der Waals surface area contributed by atoms with Gasteiger partial charge in [-0.15, -0.1) is 12.4 Å². The lowest BCUT2D eigenvalue weighted by Gasteiger charge is -2.10. The maximum absolute atomic E-state index is 10.7. The largest absolute Gasteiger partial charge is 0.504 e. The molecule has 3 N–H and O–H groups in total. The molecule has 17 heavy (non-hydrogen) atoms. The second-order valence-corrected chi connectivity index (χ2v) is 3.29. The summed E-state index contributed by atoms with van der Waals surface area (Å²) in [5.74, 6) is -0.592. The third kappa shape index (κ3) is 4.31. The first kappa shape index (κ1) is 15.2. The van der Waals surface area contributed by atoms with E-state index in [2.05, 4.69) is 0 Å². The first-order valence-electron chi connectivity index (χ1n) is 4.68. The van der Waals surface area contributed by atoms with Crippen LogP contribution in [0.3, 0.4) is 0 Å². The molecule has 0 aliphatic carbocycles. The normalized spacial score (nSPS) is 10.9. The summed E-state index contributed by atoms with van der Waals surface area (Å²) in [5, 5.41) is 18.0. The number of phenolic OH excluding ortho intramolecular Hbond substituents is 1. The predicted molar refractivity (Wildman–Crippen MR) is 63.8 cm³/mol. The van der Waals surface area contributed by atoms with Crippen LogP contribution in [0.15, 0.2) is 18.2 Å². The molecule has 0 amide bonds. The van der Waals surface area contributed by atoms with Gasteiger partial charge in [0.1, 0.15) is 0 Å². The minimum absolute atomic E-state index is 0. The van der Waals surface area contributed by atoms with E-state index in [4.69, 9.17) is 15.7 Å². The summed E-state index contributed by atoms with van der Waals surface area (Å²) in [6.45, 7) is 1.24. The monoisotopic (exact) mass is 256 g/mol. The van der Waals surface area contributed by atoms with Gasteiger partial charge in [0.05, 0.1) is 12.5 Å². The Bertz CT molecular complexity index is 443. The number of rotatable bonds is 3. The van der Waals surface area contributed by atoms with Crippen molar-refractivity contribution in [2.45, 2.75) is 19.4 Å². The van der Waals surface area contributed by atoms with E-state index in [0.29, 0.717) is 5.56 Å². The molecule has 0 unspecified atom stereocenters. The van der Waals surface area contributed by atoms with Gasteiger partial charge in [0, 0.05) is 13.0 Å². The Morgan fingerprint density at radius 3 is 2.76 bits per heavy atom. The molecule has 6 heteroatoms. The van der Waals surface area contributed by atoms with Gasteiger partial charge < -0.3 is 15.6 Å². The number of nitrogens with two attached hydrogens (primary N) is 1. The highest BCUT2D eigenvalue weighted by atomic mass is 35.5. The van der Waals surface area contributed by atoms with Crippen molar-refractivity contribution in [2.75, 3.05) is 0 Å². The molecule has 5 nitrogen and oxygen atoms in total. The lowest BCUT2D eigenvalue weighted by Crippen LogP contribution is -2.09. The molecule has 0 heterocycles. The highest BCUT2D eigenvalue weighted by molar-refractivity contribution is 5.85. The average Bonchev–Trinajstić information content (AvgIpc) is 2.20. The molecule has 0 saturated heterocycles. The number of carbonyl (C=O) groups is 1. The van der Waals surface area contributed by atoms with Crippen LogP contribution in [0.2, 0.25) is 0 Å². The first-order valence-corrected chi connectivity index (χ1v) is 4.68. The number of hydrogen-bond acceptors (Lipinski definition) is 5. The highest BCUT2D eigenvalue weighted by Gasteiger charge is 2.10. The van der Waals surface area contributed by atoms with Crippen molar-refractivity contribution in [2.24, 2.45) is 5.73 Å². The summed E-state index contributed by atoms with van der Waals surface area (Å²) in [6, 6.07) is 5.93. The van der Waals surface area contributed by atoms with Crippen molar-refractivity contribution in [1.82, 2.24) is 0 Å². The highest BCUT2D eigenvalue weighted by Crippen LogP contribution is 2.29. The van der Waals surface area contributed by atoms with Crippen molar-refractivity contribution < 1.29 is 14.6 Å². The summed E-state index contributed by atoms with van der Waals surface area (Å²) in [7, 11) is 0. The third-order valence-electron chi connectivity index (χ3n) is 1.98. The van der Waals surface area contributed by atoms with Gasteiger partial charge in [-0.1, -0.05) is 6.07 Å². The van der Waals surface area contributed by atoms with E-state index < -0.39 is 12.0 Å². The first-order chi connectivity index (χ1) is 7.54. The molecule has 0 radical (unpaired) electrons. The van der Waals surface area contributed by atoms with Crippen LogP contribution in [0.5, 0.6) is 11.5 Å². The van der Waals surface area contributed by atoms with Crippen LogP contribution < -0.4 is 10.5 Å². The number of esters is 1. The van der Waals surface area contributed by atoms with E-state index in [1.165, 1.54) is 19.1 Å². The number of aromatic hydroxyl groups is 1. The minimum Gasteiger partial charge on any atom is -0.504 e. The van der Waals surface area contributed by atoms with E-state index in [0.717, 1.165) is 0 Å². The Morgan fingerprint density at radius 1 is 1.65 bits per heavy atom. The maximum Gasteiger partial charge on any atom is 0.308 e. The Labute approximate surface area is 105 Å². The average molecular weight is 257 g/mol. The van der Waals surface area contributed by atoms with Crippen molar-refractivity contribution in [3.05, 3.63) is 23.8 Å². The second-order valence-electron chi connectivity index (χ2n) is 3.29. The molecule has 0 spiro atoms. The number of halogens is 1. The zero-order chi connectivity index (χ0) is 12.1. The summed E-state index contributed by atoms with van der Waals surface area (Å²) in [5.41, 5.74) is 6.30. The zero-order valence-corrected chi connectivity index (χ0v) is 10.0.